The van der Waals surface area contributed by atoms with Gasteiger partial charge >= 0.3 is 5.97 Å². The number of benzene rings is 3. The fourth-order valence-corrected chi connectivity index (χ4v) is 2.85. The molecule has 116 valence electrons. The van der Waals surface area contributed by atoms with Gasteiger partial charge in [-0.15, -0.1) is 0 Å². The van der Waals surface area contributed by atoms with E-state index in [2.05, 4.69) is 25.9 Å². The summed E-state index contributed by atoms with van der Waals surface area (Å²) in [5, 5.41) is 2.06. The third kappa shape index (κ3) is 2.86. The summed E-state index contributed by atoms with van der Waals surface area (Å²) in [6, 6.07) is 18.8. The van der Waals surface area contributed by atoms with Crippen LogP contribution >= 0.6 is 15.9 Å². The zero-order valence-electron chi connectivity index (χ0n) is 12.4. The van der Waals surface area contributed by atoms with Gasteiger partial charge in [-0.25, -0.2) is 9.78 Å². The average Bonchev–Trinajstić information content (AvgIpc) is 2.61. The van der Waals surface area contributed by atoms with Gasteiger partial charge in [-0.1, -0.05) is 40.2 Å². The zero-order valence-corrected chi connectivity index (χ0v) is 14.0. The van der Waals surface area contributed by atoms with E-state index in [0.29, 0.717) is 11.3 Å². The van der Waals surface area contributed by atoms with E-state index in [1.807, 2.05) is 54.6 Å². The van der Waals surface area contributed by atoms with Crippen LogP contribution in [0.15, 0.2) is 71.3 Å². The van der Waals surface area contributed by atoms with Crippen LogP contribution in [0, 0.1) is 0 Å². The highest BCUT2D eigenvalue weighted by atomic mass is 79.9. The van der Waals surface area contributed by atoms with Crippen LogP contribution in [0.5, 0.6) is 5.75 Å². The number of rotatable bonds is 2. The third-order valence-corrected chi connectivity index (χ3v) is 4.14. The normalized spacial score (nSPS) is 10.9. The Morgan fingerprint density at radius 2 is 1.67 bits per heavy atom. The molecule has 3 aromatic carbocycles. The Kier molecular flexibility index (Phi) is 3.70. The van der Waals surface area contributed by atoms with E-state index in [1.54, 1.807) is 6.07 Å². The van der Waals surface area contributed by atoms with Gasteiger partial charge in [0.05, 0.1) is 17.2 Å². The summed E-state index contributed by atoms with van der Waals surface area (Å²) in [4.78, 5) is 20.9. The lowest BCUT2D eigenvalue weighted by molar-refractivity contribution is 0.0729. The van der Waals surface area contributed by atoms with Gasteiger partial charge < -0.3 is 4.74 Å². The molecule has 0 saturated heterocycles. The molecule has 24 heavy (non-hydrogen) atoms. The predicted molar refractivity (Wildman–Crippen MR) is 96.1 cm³/mol. The highest BCUT2D eigenvalue weighted by molar-refractivity contribution is 9.10. The summed E-state index contributed by atoms with van der Waals surface area (Å²) in [7, 11) is 0. The number of fused-ring (bicyclic) bond motifs is 2. The van der Waals surface area contributed by atoms with Gasteiger partial charge in [-0.05, 0) is 47.2 Å². The Hall–Kier alpha value is -2.79. The molecule has 0 unspecified atom stereocenters. The number of nitrogens with zero attached hydrogens (tertiary/aromatic N) is 2. The smallest absolute Gasteiger partial charge is 0.363 e. The number of carbonyl (C=O) groups excluding carboxylic acids is 1. The van der Waals surface area contributed by atoms with Gasteiger partial charge in [0.2, 0.25) is 0 Å². The fourth-order valence-electron chi connectivity index (χ4n) is 2.47. The van der Waals surface area contributed by atoms with Crippen LogP contribution in [0.1, 0.15) is 10.5 Å². The molecule has 1 heterocycles. The zero-order chi connectivity index (χ0) is 16.5. The van der Waals surface area contributed by atoms with Gasteiger partial charge in [0.25, 0.3) is 0 Å². The first kappa shape index (κ1) is 14.8. The van der Waals surface area contributed by atoms with Crippen molar-refractivity contribution in [3.63, 3.8) is 0 Å². The molecule has 4 nitrogen and oxygen atoms in total. The molecule has 0 spiro atoms. The standard InChI is InChI=1S/C19H11BrN2O2/c20-14-7-5-13-10-15(8-6-12(13)9-14)24-19(23)18-11-21-16-3-1-2-4-17(16)22-18/h1-11H. The quantitative estimate of drug-likeness (QED) is 0.372. The number of para-hydroxylation sites is 2. The molecule has 0 aliphatic carbocycles. The molecule has 0 saturated carbocycles. The second-order valence-corrected chi connectivity index (χ2v) is 6.20. The summed E-state index contributed by atoms with van der Waals surface area (Å²) in [5.74, 6) is -0.0468. The van der Waals surface area contributed by atoms with Crippen LogP contribution in [-0.2, 0) is 0 Å². The number of carbonyl (C=O) groups is 1. The van der Waals surface area contributed by atoms with E-state index in [9.17, 15) is 4.79 Å². The minimum Gasteiger partial charge on any atom is -0.422 e. The van der Waals surface area contributed by atoms with E-state index >= 15 is 0 Å². The minimum absolute atomic E-state index is 0.185. The number of halogens is 1. The van der Waals surface area contributed by atoms with Crippen molar-refractivity contribution < 1.29 is 9.53 Å². The predicted octanol–water partition coefficient (Wildman–Crippen LogP) is 4.76. The highest BCUT2D eigenvalue weighted by Gasteiger charge is 2.12. The first-order valence-electron chi connectivity index (χ1n) is 7.32. The minimum atomic E-state index is -0.523. The van der Waals surface area contributed by atoms with Crippen LogP contribution in [-0.4, -0.2) is 15.9 Å². The molecule has 0 aliphatic rings. The molecule has 0 fully saturated rings. The molecule has 1 aromatic heterocycles. The van der Waals surface area contributed by atoms with E-state index in [-0.39, 0.29) is 5.69 Å². The maximum Gasteiger partial charge on any atom is 0.363 e. The van der Waals surface area contributed by atoms with E-state index in [1.165, 1.54) is 6.20 Å². The summed E-state index contributed by atoms with van der Waals surface area (Å²) < 4.78 is 6.44. The molecule has 0 aliphatic heterocycles. The Bertz CT molecular complexity index is 1080. The summed E-state index contributed by atoms with van der Waals surface area (Å²) in [5.41, 5.74) is 1.59. The third-order valence-electron chi connectivity index (χ3n) is 3.64. The van der Waals surface area contributed by atoms with Crippen molar-refractivity contribution in [3.05, 3.63) is 77.0 Å². The summed E-state index contributed by atoms with van der Waals surface area (Å²) >= 11 is 3.44. The van der Waals surface area contributed by atoms with Crippen molar-refractivity contribution in [1.82, 2.24) is 9.97 Å². The summed E-state index contributed by atoms with van der Waals surface area (Å²) in [6.45, 7) is 0. The fraction of sp³-hybridized carbons (Fsp3) is 0. The Balaban J connectivity index is 1.63. The maximum absolute atomic E-state index is 12.3. The molecule has 0 atom stereocenters. The number of aromatic nitrogens is 2. The van der Waals surface area contributed by atoms with Crippen LogP contribution in [0.2, 0.25) is 0 Å². The molecule has 4 rings (SSSR count). The first-order chi connectivity index (χ1) is 11.7. The Morgan fingerprint density at radius 3 is 2.54 bits per heavy atom. The molecular weight excluding hydrogens is 368 g/mol. The Labute approximate surface area is 146 Å². The summed E-state index contributed by atoms with van der Waals surface area (Å²) in [6.07, 6.45) is 1.43. The van der Waals surface area contributed by atoms with Crippen molar-refractivity contribution in [2.24, 2.45) is 0 Å². The second kappa shape index (κ2) is 6.02. The maximum atomic E-state index is 12.3. The molecule has 5 heteroatoms. The lowest BCUT2D eigenvalue weighted by Gasteiger charge is -2.06. The molecule has 0 N–H and O–H groups in total. The average molecular weight is 379 g/mol. The van der Waals surface area contributed by atoms with Crippen LogP contribution in [0.3, 0.4) is 0 Å². The Morgan fingerprint density at radius 1 is 0.917 bits per heavy atom. The van der Waals surface area contributed by atoms with E-state index < -0.39 is 5.97 Å². The van der Waals surface area contributed by atoms with Crippen LogP contribution in [0.25, 0.3) is 21.8 Å². The lowest BCUT2D eigenvalue weighted by atomic mass is 10.1. The van der Waals surface area contributed by atoms with Gasteiger partial charge in [-0.3, -0.25) is 4.98 Å². The number of hydrogen-bond acceptors (Lipinski definition) is 4. The van der Waals surface area contributed by atoms with Gasteiger partial charge in [0.1, 0.15) is 5.75 Å². The SMILES string of the molecule is O=C(Oc1ccc2cc(Br)ccc2c1)c1cnc2ccccc2n1. The number of hydrogen-bond donors (Lipinski definition) is 0. The lowest BCUT2D eigenvalue weighted by Crippen LogP contribution is -2.11. The highest BCUT2D eigenvalue weighted by Crippen LogP contribution is 2.24. The molecule has 0 bridgehead atoms. The molecule has 0 amide bonds. The van der Waals surface area contributed by atoms with Gasteiger partial charge in [0.15, 0.2) is 5.69 Å². The van der Waals surface area contributed by atoms with Crippen LogP contribution in [0.4, 0.5) is 0 Å². The van der Waals surface area contributed by atoms with Crippen molar-refractivity contribution in [3.8, 4) is 5.75 Å². The second-order valence-electron chi connectivity index (χ2n) is 5.29. The monoisotopic (exact) mass is 378 g/mol. The van der Waals surface area contributed by atoms with Crippen LogP contribution < -0.4 is 4.74 Å². The van der Waals surface area contributed by atoms with Gasteiger partial charge in [-0.2, -0.15) is 0 Å². The van der Waals surface area contributed by atoms with Gasteiger partial charge in [0, 0.05) is 4.47 Å². The molecule has 0 radical (unpaired) electrons. The van der Waals surface area contributed by atoms with Crippen molar-refractivity contribution in [2.75, 3.05) is 0 Å². The largest absolute Gasteiger partial charge is 0.422 e. The van der Waals surface area contributed by atoms with E-state index in [0.717, 1.165) is 20.8 Å². The number of ether oxygens (including phenoxy) is 1. The van der Waals surface area contributed by atoms with Crippen molar-refractivity contribution in [1.29, 1.82) is 0 Å². The number of esters is 1. The van der Waals surface area contributed by atoms with Crippen molar-refractivity contribution in [2.45, 2.75) is 0 Å². The molecule has 4 aromatic rings. The van der Waals surface area contributed by atoms with E-state index in [4.69, 9.17) is 4.74 Å². The topological polar surface area (TPSA) is 52.1 Å². The molecular formula is C19H11BrN2O2. The first-order valence-corrected chi connectivity index (χ1v) is 8.12. The van der Waals surface area contributed by atoms with Crippen molar-refractivity contribution >= 4 is 43.7 Å².